The normalized spacial score (nSPS) is 13.3. The van der Waals surface area contributed by atoms with Crippen molar-refractivity contribution in [1.29, 1.82) is 0 Å². The Labute approximate surface area is 202 Å². The minimum Gasteiger partial charge on any atom is -0.487 e. The van der Waals surface area contributed by atoms with E-state index in [1.54, 1.807) is 56.3 Å². The first-order valence-electron chi connectivity index (χ1n) is 10.9. The third-order valence-corrected chi connectivity index (χ3v) is 6.07. The average molecular weight is 500 g/mol. The molecule has 1 aliphatic carbocycles. The topological polar surface area (TPSA) is 139 Å². The highest BCUT2D eigenvalue weighted by Crippen LogP contribution is 2.29. The van der Waals surface area contributed by atoms with Crippen LogP contribution in [0.5, 0.6) is 5.75 Å². The van der Waals surface area contributed by atoms with E-state index in [2.05, 4.69) is 10.5 Å². The van der Waals surface area contributed by atoms with Crippen molar-refractivity contribution in [3.05, 3.63) is 76.7 Å². The second-order valence-corrected chi connectivity index (χ2v) is 9.86. The molecule has 0 spiro atoms. The molecule has 11 heteroatoms. The highest BCUT2D eigenvalue weighted by Gasteiger charge is 2.35. The third-order valence-electron chi connectivity index (χ3n) is 5.46. The first-order chi connectivity index (χ1) is 16.6. The zero-order chi connectivity index (χ0) is 25.2. The van der Waals surface area contributed by atoms with Crippen molar-refractivity contribution in [2.45, 2.75) is 39.3 Å². The van der Waals surface area contributed by atoms with Crippen LogP contribution in [0.4, 0.5) is 5.69 Å². The summed E-state index contributed by atoms with van der Waals surface area (Å²) in [5.74, 6) is -0.422. The van der Waals surface area contributed by atoms with Crippen LogP contribution in [0.15, 0.2) is 53.1 Å². The molecule has 1 aromatic heterocycles. The molecule has 0 atom stereocenters. The second-order valence-electron chi connectivity index (χ2n) is 8.44. The molecular formula is C24H25N3O7S. The lowest BCUT2D eigenvalue weighted by Crippen LogP contribution is -2.37. The van der Waals surface area contributed by atoms with Gasteiger partial charge in [0.25, 0.3) is 21.9 Å². The summed E-state index contributed by atoms with van der Waals surface area (Å²) in [7, 11) is -4.36. The summed E-state index contributed by atoms with van der Waals surface area (Å²) in [6.07, 6.45) is 1.35. The van der Waals surface area contributed by atoms with E-state index in [0.29, 0.717) is 41.3 Å². The SMILES string of the molecule is Cc1cc(COc2ccc(C(=O)Nc3cc(C(=O)N(CS(=O)(=O)O)C4CC4)ccc3C)cc2)no1. The Kier molecular flexibility index (Phi) is 6.90. The predicted octanol–water partition coefficient (Wildman–Crippen LogP) is 3.57. The van der Waals surface area contributed by atoms with Gasteiger partial charge in [-0.05, 0) is 68.7 Å². The van der Waals surface area contributed by atoms with Crippen LogP contribution in [0.25, 0.3) is 0 Å². The summed E-state index contributed by atoms with van der Waals surface area (Å²) in [6.45, 7) is 3.81. The lowest BCUT2D eigenvalue weighted by molar-refractivity contribution is 0.0768. The molecule has 0 saturated heterocycles. The number of nitrogens with one attached hydrogen (secondary N) is 1. The largest absolute Gasteiger partial charge is 0.487 e. The van der Waals surface area contributed by atoms with Gasteiger partial charge in [0.05, 0.1) is 0 Å². The summed E-state index contributed by atoms with van der Waals surface area (Å²) in [5, 5.41) is 6.65. The average Bonchev–Trinajstić information content (AvgIpc) is 3.57. The van der Waals surface area contributed by atoms with Gasteiger partial charge in [0, 0.05) is 28.9 Å². The molecule has 1 heterocycles. The Morgan fingerprint density at radius 3 is 2.40 bits per heavy atom. The summed E-state index contributed by atoms with van der Waals surface area (Å²) in [5.41, 5.74) is 2.41. The van der Waals surface area contributed by atoms with Crippen molar-refractivity contribution in [2.75, 3.05) is 11.2 Å². The van der Waals surface area contributed by atoms with E-state index in [1.807, 2.05) is 0 Å². The first-order valence-corrected chi connectivity index (χ1v) is 12.5. The Balaban J connectivity index is 1.43. The van der Waals surface area contributed by atoms with Gasteiger partial charge >= 0.3 is 0 Å². The van der Waals surface area contributed by atoms with Gasteiger partial charge in [-0.15, -0.1) is 0 Å². The molecule has 2 aromatic carbocycles. The molecule has 1 saturated carbocycles. The van der Waals surface area contributed by atoms with Crippen LogP contribution in [0.2, 0.25) is 0 Å². The zero-order valence-electron chi connectivity index (χ0n) is 19.2. The standard InChI is InChI=1S/C24H25N3O7S/c1-15-3-4-18(24(29)27(20-7-8-20)14-35(30,31)32)12-22(15)25-23(28)17-5-9-21(10-6-17)33-13-19-11-16(2)34-26-19/h3-6,9-12,20H,7-8,13-14H2,1-2H3,(H,25,28)(H,30,31,32). The Bertz CT molecular complexity index is 1350. The summed E-state index contributed by atoms with van der Waals surface area (Å²) in [4.78, 5) is 26.9. The lowest BCUT2D eigenvalue weighted by Gasteiger charge is -2.21. The van der Waals surface area contributed by atoms with Crippen molar-refractivity contribution in [3.8, 4) is 5.75 Å². The minimum atomic E-state index is -4.36. The van der Waals surface area contributed by atoms with E-state index in [-0.39, 0.29) is 24.1 Å². The molecule has 35 heavy (non-hydrogen) atoms. The van der Waals surface area contributed by atoms with E-state index < -0.39 is 21.9 Å². The smallest absolute Gasteiger partial charge is 0.283 e. The van der Waals surface area contributed by atoms with Crippen LogP contribution < -0.4 is 10.1 Å². The number of carbonyl (C=O) groups is 2. The Morgan fingerprint density at radius 1 is 1.11 bits per heavy atom. The highest BCUT2D eigenvalue weighted by atomic mass is 32.2. The van der Waals surface area contributed by atoms with Crippen molar-refractivity contribution >= 4 is 27.6 Å². The maximum Gasteiger partial charge on any atom is 0.283 e. The Hall–Kier alpha value is -3.70. The molecule has 1 fully saturated rings. The van der Waals surface area contributed by atoms with Gasteiger partial charge in [0.1, 0.15) is 29.7 Å². The van der Waals surface area contributed by atoms with Gasteiger partial charge in [0.15, 0.2) is 0 Å². The molecular weight excluding hydrogens is 474 g/mol. The van der Waals surface area contributed by atoms with Crippen LogP contribution in [0.3, 0.4) is 0 Å². The number of hydrogen-bond donors (Lipinski definition) is 2. The second kappa shape index (κ2) is 9.88. The van der Waals surface area contributed by atoms with Gasteiger partial charge in [-0.2, -0.15) is 8.42 Å². The van der Waals surface area contributed by atoms with Gasteiger partial charge in [0.2, 0.25) is 0 Å². The van der Waals surface area contributed by atoms with Crippen molar-refractivity contribution in [2.24, 2.45) is 0 Å². The molecule has 2 amide bonds. The van der Waals surface area contributed by atoms with Crippen LogP contribution in [-0.2, 0) is 16.7 Å². The number of nitrogens with zero attached hydrogens (tertiary/aromatic N) is 2. The molecule has 0 bridgehead atoms. The molecule has 1 aliphatic rings. The van der Waals surface area contributed by atoms with E-state index in [0.717, 1.165) is 10.5 Å². The van der Waals surface area contributed by atoms with Gasteiger partial charge in [-0.25, -0.2) is 0 Å². The van der Waals surface area contributed by atoms with Crippen molar-refractivity contribution < 1.29 is 31.8 Å². The minimum absolute atomic E-state index is 0.216. The van der Waals surface area contributed by atoms with Crippen LogP contribution in [-0.4, -0.2) is 46.8 Å². The van der Waals surface area contributed by atoms with E-state index in [9.17, 15) is 22.6 Å². The number of amides is 2. The molecule has 3 aromatic rings. The molecule has 0 aliphatic heterocycles. The summed E-state index contributed by atoms with van der Waals surface area (Å²) < 4.78 is 42.6. The van der Waals surface area contributed by atoms with Crippen molar-refractivity contribution in [3.63, 3.8) is 0 Å². The number of hydrogen-bond acceptors (Lipinski definition) is 7. The first kappa shape index (κ1) is 24.4. The molecule has 0 unspecified atom stereocenters. The fourth-order valence-corrected chi connectivity index (χ4v) is 4.17. The molecule has 4 rings (SSSR count). The third kappa shape index (κ3) is 6.46. The summed E-state index contributed by atoms with van der Waals surface area (Å²) >= 11 is 0. The van der Waals surface area contributed by atoms with Gasteiger partial charge in [-0.1, -0.05) is 11.2 Å². The van der Waals surface area contributed by atoms with E-state index >= 15 is 0 Å². The predicted molar refractivity (Wildman–Crippen MR) is 127 cm³/mol. The maximum absolute atomic E-state index is 12.9. The number of carbonyl (C=O) groups excluding carboxylic acids is 2. The monoisotopic (exact) mass is 499 g/mol. The Morgan fingerprint density at radius 2 is 1.80 bits per heavy atom. The highest BCUT2D eigenvalue weighted by molar-refractivity contribution is 7.85. The van der Waals surface area contributed by atoms with Crippen LogP contribution >= 0.6 is 0 Å². The maximum atomic E-state index is 12.9. The molecule has 2 N–H and O–H groups in total. The van der Waals surface area contributed by atoms with Gasteiger partial charge < -0.3 is 19.5 Å². The number of anilines is 1. The van der Waals surface area contributed by atoms with Gasteiger partial charge in [-0.3, -0.25) is 14.1 Å². The fraction of sp³-hybridized carbons (Fsp3) is 0.292. The fourth-order valence-electron chi connectivity index (χ4n) is 3.49. The number of benzene rings is 2. The zero-order valence-corrected chi connectivity index (χ0v) is 20.0. The van der Waals surface area contributed by atoms with Crippen LogP contribution in [0, 0.1) is 13.8 Å². The molecule has 10 nitrogen and oxygen atoms in total. The molecule has 0 radical (unpaired) electrons. The number of ether oxygens (including phenoxy) is 1. The number of aryl methyl sites for hydroxylation is 2. The van der Waals surface area contributed by atoms with Crippen molar-refractivity contribution in [1.82, 2.24) is 10.1 Å². The number of aromatic nitrogens is 1. The lowest BCUT2D eigenvalue weighted by atomic mass is 10.1. The van der Waals surface area contributed by atoms with Crippen LogP contribution in [0.1, 0.15) is 50.6 Å². The van der Waals surface area contributed by atoms with E-state index in [4.69, 9.17) is 9.26 Å². The van der Waals surface area contributed by atoms with E-state index in [1.165, 1.54) is 6.07 Å². The quantitative estimate of drug-likeness (QED) is 0.426. The summed E-state index contributed by atoms with van der Waals surface area (Å²) in [6, 6.07) is 12.8. The number of rotatable bonds is 9. The molecule has 184 valence electrons.